The summed E-state index contributed by atoms with van der Waals surface area (Å²) in [6.45, 7) is 4.41. The van der Waals surface area contributed by atoms with E-state index < -0.39 is 0 Å². The highest BCUT2D eigenvalue weighted by Crippen LogP contribution is 2.32. The van der Waals surface area contributed by atoms with Gasteiger partial charge in [0, 0.05) is 5.56 Å². The smallest absolute Gasteiger partial charge is 0.0979 e. The molecule has 0 fully saturated rings. The van der Waals surface area contributed by atoms with Gasteiger partial charge in [0.25, 0.3) is 0 Å². The van der Waals surface area contributed by atoms with Crippen LogP contribution in [0.15, 0.2) is 35.1 Å². The van der Waals surface area contributed by atoms with Gasteiger partial charge < -0.3 is 4.42 Å². The summed E-state index contributed by atoms with van der Waals surface area (Å²) in [4.78, 5) is 0. The maximum absolute atomic E-state index is 5.08. The second-order valence-corrected chi connectivity index (χ2v) is 3.37. The number of hydrogen-bond donors (Lipinski definition) is 0. The SMILES string of the molecule is CC(C)c1ccc2coccc1-2. The summed E-state index contributed by atoms with van der Waals surface area (Å²) in [5.74, 6) is 0.588. The van der Waals surface area contributed by atoms with Crippen molar-refractivity contribution in [2.45, 2.75) is 19.8 Å². The highest BCUT2D eigenvalue weighted by Gasteiger charge is 2.11. The van der Waals surface area contributed by atoms with Crippen molar-refractivity contribution in [3.8, 4) is 11.1 Å². The van der Waals surface area contributed by atoms with Crippen molar-refractivity contribution in [1.29, 1.82) is 0 Å². The van der Waals surface area contributed by atoms with E-state index in [1.54, 1.807) is 12.5 Å². The van der Waals surface area contributed by atoms with Gasteiger partial charge in [0.1, 0.15) is 0 Å². The third kappa shape index (κ3) is 1.02. The van der Waals surface area contributed by atoms with Crippen molar-refractivity contribution in [1.82, 2.24) is 0 Å². The first-order valence-electron chi connectivity index (χ1n) is 4.24. The lowest BCUT2D eigenvalue weighted by Crippen LogP contribution is -1.85. The van der Waals surface area contributed by atoms with Crippen LogP contribution >= 0.6 is 0 Å². The van der Waals surface area contributed by atoms with Gasteiger partial charge in [-0.15, -0.1) is 0 Å². The molecule has 12 heavy (non-hydrogen) atoms. The van der Waals surface area contributed by atoms with Crippen molar-refractivity contribution < 1.29 is 4.42 Å². The summed E-state index contributed by atoms with van der Waals surface area (Å²) in [5, 5.41) is 0. The first kappa shape index (κ1) is 7.41. The normalized spacial score (nSPS) is 11.2. The van der Waals surface area contributed by atoms with Crippen molar-refractivity contribution in [3.63, 3.8) is 0 Å². The minimum absolute atomic E-state index is 0.588. The summed E-state index contributed by atoms with van der Waals surface area (Å²) in [7, 11) is 0. The van der Waals surface area contributed by atoms with E-state index in [9.17, 15) is 0 Å². The lowest BCUT2D eigenvalue weighted by molar-refractivity contribution is 0.552. The van der Waals surface area contributed by atoms with Gasteiger partial charge in [0.15, 0.2) is 0 Å². The predicted octanol–water partition coefficient (Wildman–Crippen LogP) is 3.51. The molecule has 1 heterocycles. The van der Waals surface area contributed by atoms with E-state index in [1.165, 1.54) is 16.7 Å². The Hall–Kier alpha value is -1.24. The zero-order valence-electron chi connectivity index (χ0n) is 7.37. The maximum atomic E-state index is 5.08. The van der Waals surface area contributed by atoms with E-state index in [4.69, 9.17) is 4.42 Å². The summed E-state index contributed by atoms with van der Waals surface area (Å²) in [6.07, 6.45) is 3.52. The molecule has 0 saturated carbocycles. The monoisotopic (exact) mass is 160 g/mol. The van der Waals surface area contributed by atoms with E-state index in [0.717, 1.165) is 0 Å². The van der Waals surface area contributed by atoms with Crippen LogP contribution in [0.3, 0.4) is 0 Å². The maximum Gasteiger partial charge on any atom is 0.0979 e. The van der Waals surface area contributed by atoms with Gasteiger partial charge in [-0.25, -0.2) is 0 Å². The molecule has 0 spiro atoms. The van der Waals surface area contributed by atoms with Gasteiger partial charge in [-0.2, -0.15) is 0 Å². The molecule has 0 unspecified atom stereocenters. The van der Waals surface area contributed by atoms with E-state index >= 15 is 0 Å². The molecule has 0 N–H and O–H groups in total. The van der Waals surface area contributed by atoms with Crippen LogP contribution in [0.2, 0.25) is 0 Å². The Morgan fingerprint density at radius 2 is 2.00 bits per heavy atom. The summed E-state index contributed by atoms with van der Waals surface area (Å²) in [6, 6.07) is 6.31. The Balaban J connectivity index is 2.60. The summed E-state index contributed by atoms with van der Waals surface area (Å²) >= 11 is 0. The highest BCUT2D eigenvalue weighted by atomic mass is 16.3. The first-order valence-corrected chi connectivity index (χ1v) is 4.24. The summed E-state index contributed by atoms with van der Waals surface area (Å²) < 4.78 is 5.08. The third-order valence-corrected chi connectivity index (χ3v) is 2.19. The fourth-order valence-electron chi connectivity index (χ4n) is 1.54. The van der Waals surface area contributed by atoms with Gasteiger partial charge in [-0.05, 0) is 23.1 Å². The topological polar surface area (TPSA) is 13.1 Å². The van der Waals surface area contributed by atoms with Crippen LogP contribution < -0.4 is 0 Å². The fourth-order valence-corrected chi connectivity index (χ4v) is 1.54. The van der Waals surface area contributed by atoms with Gasteiger partial charge in [-0.1, -0.05) is 26.0 Å². The minimum Gasteiger partial charge on any atom is -0.472 e. The number of fused-ring (bicyclic) bond motifs is 1. The van der Waals surface area contributed by atoms with E-state index in [2.05, 4.69) is 26.0 Å². The second kappa shape index (κ2) is 2.67. The second-order valence-electron chi connectivity index (χ2n) is 3.37. The Kier molecular flexibility index (Phi) is 1.65. The van der Waals surface area contributed by atoms with Crippen molar-refractivity contribution in [2.24, 2.45) is 0 Å². The Labute approximate surface area is 72.4 Å². The van der Waals surface area contributed by atoms with Crippen LogP contribution in [0.1, 0.15) is 25.3 Å². The number of hydrogen-bond acceptors (Lipinski definition) is 1. The van der Waals surface area contributed by atoms with E-state index in [1.807, 2.05) is 6.07 Å². The highest BCUT2D eigenvalue weighted by molar-refractivity contribution is 5.69. The average Bonchev–Trinajstić information content (AvgIpc) is 2.47. The average molecular weight is 160 g/mol. The van der Waals surface area contributed by atoms with Crippen LogP contribution in [-0.4, -0.2) is 0 Å². The Morgan fingerprint density at radius 3 is 2.75 bits per heavy atom. The molecule has 0 aromatic carbocycles. The molecule has 0 atom stereocenters. The first-order chi connectivity index (χ1) is 5.79. The van der Waals surface area contributed by atoms with Crippen LogP contribution in [-0.2, 0) is 0 Å². The molecule has 0 radical (unpaired) electrons. The number of rotatable bonds is 1. The molecule has 1 aliphatic heterocycles. The van der Waals surface area contributed by atoms with Crippen LogP contribution in [0, 0.1) is 0 Å². The van der Waals surface area contributed by atoms with Gasteiger partial charge in [-0.3, -0.25) is 0 Å². The lowest BCUT2D eigenvalue weighted by atomic mass is 10.0. The molecule has 0 amide bonds. The largest absolute Gasteiger partial charge is 0.472 e. The molecular weight excluding hydrogens is 148 g/mol. The molecule has 0 saturated heterocycles. The van der Waals surface area contributed by atoms with Gasteiger partial charge in [0.05, 0.1) is 12.5 Å². The van der Waals surface area contributed by atoms with Crippen LogP contribution in [0.25, 0.3) is 11.1 Å². The molecule has 62 valence electrons. The predicted molar refractivity (Wildman–Crippen MR) is 49.4 cm³/mol. The standard InChI is InChI=1S/C11H12O/c1-8(2)10-4-3-9-7-12-6-5-11(9)10/h3-8H,1-2H3. The molecular formula is C11H12O. The Morgan fingerprint density at radius 1 is 1.17 bits per heavy atom. The molecule has 1 aliphatic carbocycles. The lowest BCUT2D eigenvalue weighted by Gasteiger charge is -2.05. The van der Waals surface area contributed by atoms with Crippen molar-refractivity contribution >= 4 is 0 Å². The zero-order valence-corrected chi connectivity index (χ0v) is 7.37. The molecule has 2 rings (SSSR count). The molecule has 0 aromatic heterocycles. The van der Waals surface area contributed by atoms with E-state index in [0.29, 0.717) is 5.92 Å². The molecule has 1 heteroatoms. The Bertz CT molecular complexity index is 346. The van der Waals surface area contributed by atoms with Crippen molar-refractivity contribution in [2.75, 3.05) is 0 Å². The molecule has 0 aromatic rings. The van der Waals surface area contributed by atoms with Crippen LogP contribution in [0.5, 0.6) is 0 Å². The zero-order chi connectivity index (χ0) is 8.55. The minimum atomic E-state index is 0.588. The molecule has 1 nitrogen and oxygen atoms in total. The van der Waals surface area contributed by atoms with Crippen LogP contribution in [0.4, 0.5) is 0 Å². The molecule has 0 bridgehead atoms. The van der Waals surface area contributed by atoms with Gasteiger partial charge in [0.2, 0.25) is 0 Å². The van der Waals surface area contributed by atoms with Gasteiger partial charge >= 0.3 is 0 Å². The summed E-state index contributed by atoms with van der Waals surface area (Å²) in [5.41, 5.74) is 3.92. The molecule has 2 aliphatic rings. The van der Waals surface area contributed by atoms with E-state index in [-0.39, 0.29) is 0 Å². The van der Waals surface area contributed by atoms with Crippen molar-refractivity contribution in [3.05, 3.63) is 36.3 Å². The fraction of sp³-hybridized carbons (Fsp3) is 0.273. The quantitative estimate of drug-likeness (QED) is 0.622. The third-order valence-electron chi connectivity index (χ3n) is 2.19.